The molecule has 0 heterocycles. The van der Waals surface area contributed by atoms with Crippen molar-refractivity contribution in [1.82, 2.24) is 0 Å². The van der Waals surface area contributed by atoms with Gasteiger partial charge >= 0.3 is 0 Å². The predicted molar refractivity (Wildman–Crippen MR) is 39.9 cm³/mol. The molecule has 0 aliphatic rings. The Balaban J connectivity index is 2.79. The molecular formula is C6H8ClS. The Labute approximate surface area is 61.0 Å². The van der Waals surface area contributed by atoms with Crippen LogP contribution in [0.3, 0.4) is 0 Å². The van der Waals surface area contributed by atoms with Gasteiger partial charge in [0.05, 0.1) is 0 Å². The van der Waals surface area contributed by atoms with Crippen LogP contribution in [0.2, 0.25) is 0 Å². The molecule has 0 atom stereocenters. The lowest BCUT2D eigenvalue weighted by atomic mass is 10.3. The third-order valence-electron chi connectivity index (χ3n) is 0.763. The Morgan fingerprint density at radius 2 is 2.12 bits per heavy atom. The molecule has 2 heteroatoms. The second kappa shape index (κ2) is 7.20. The lowest BCUT2D eigenvalue weighted by Crippen LogP contribution is -1.73. The minimum absolute atomic E-state index is 0.837. The Morgan fingerprint density at radius 1 is 1.38 bits per heavy atom. The van der Waals surface area contributed by atoms with Crippen molar-refractivity contribution in [2.24, 2.45) is 0 Å². The molecule has 0 fully saturated rings. The minimum Gasteiger partial charge on any atom is -0.0942 e. The van der Waals surface area contributed by atoms with Gasteiger partial charge in [-0.3, -0.25) is 0 Å². The van der Waals surface area contributed by atoms with Crippen molar-refractivity contribution < 1.29 is 0 Å². The van der Waals surface area contributed by atoms with Gasteiger partial charge in [-0.2, -0.15) is 0 Å². The van der Waals surface area contributed by atoms with Gasteiger partial charge in [-0.25, -0.2) is 0 Å². The molecule has 0 amide bonds. The molecule has 0 aromatic carbocycles. The maximum Gasteiger partial charge on any atom is 0.0102 e. The van der Waals surface area contributed by atoms with Crippen LogP contribution in [0.15, 0.2) is 0 Å². The Bertz CT molecular complexity index is 90.4. The van der Waals surface area contributed by atoms with Crippen LogP contribution in [0.25, 0.3) is 0 Å². The van der Waals surface area contributed by atoms with E-state index in [-0.39, 0.29) is 0 Å². The third-order valence-corrected chi connectivity index (χ3v) is 1.19. The maximum atomic E-state index is 5.09. The highest BCUT2D eigenvalue weighted by atomic mass is 35.5. The fourth-order valence-electron chi connectivity index (χ4n) is 0.363. The highest BCUT2D eigenvalue weighted by Gasteiger charge is 1.79. The van der Waals surface area contributed by atoms with E-state index in [0.29, 0.717) is 0 Å². The standard InChI is InChI=1S/C6H8ClS/c7-5-3-1-2-4-6-8/h1-2,4,6H2. The van der Waals surface area contributed by atoms with E-state index in [9.17, 15) is 0 Å². The van der Waals surface area contributed by atoms with Crippen LogP contribution >= 0.6 is 24.2 Å². The first-order valence-electron chi connectivity index (χ1n) is 2.58. The zero-order chi connectivity index (χ0) is 6.24. The molecule has 0 bridgehead atoms. The molecule has 0 saturated carbocycles. The molecule has 0 N–H and O–H groups in total. The van der Waals surface area contributed by atoms with Crippen molar-refractivity contribution in [2.45, 2.75) is 19.3 Å². The van der Waals surface area contributed by atoms with E-state index in [0.717, 1.165) is 25.0 Å². The Kier molecular flexibility index (Phi) is 7.38. The van der Waals surface area contributed by atoms with Crippen molar-refractivity contribution >= 4 is 24.2 Å². The number of hydrogen-bond donors (Lipinski definition) is 0. The van der Waals surface area contributed by atoms with Crippen molar-refractivity contribution in [1.29, 1.82) is 0 Å². The number of halogens is 1. The van der Waals surface area contributed by atoms with E-state index in [2.05, 4.69) is 11.3 Å². The second-order valence-electron chi connectivity index (χ2n) is 1.43. The highest BCUT2D eigenvalue weighted by molar-refractivity contribution is 7.80. The molecule has 45 valence electrons. The Morgan fingerprint density at radius 3 is 2.62 bits per heavy atom. The number of rotatable bonds is 3. The summed E-state index contributed by atoms with van der Waals surface area (Å²) in [5, 5.41) is 2.31. The van der Waals surface area contributed by atoms with Crippen LogP contribution in [-0.4, -0.2) is 5.75 Å². The second-order valence-corrected chi connectivity index (χ2v) is 2.03. The van der Waals surface area contributed by atoms with Crippen LogP contribution in [0.1, 0.15) is 19.3 Å². The number of unbranched alkanes of at least 4 members (excludes halogenated alkanes) is 2. The van der Waals surface area contributed by atoms with Crippen LogP contribution in [0, 0.1) is 11.3 Å². The molecule has 0 saturated heterocycles. The zero-order valence-corrected chi connectivity index (χ0v) is 6.19. The zero-order valence-electron chi connectivity index (χ0n) is 4.61. The molecule has 0 rings (SSSR count). The lowest BCUT2D eigenvalue weighted by Gasteiger charge is -1.85. The van der Waals surface area contributed by atoms with Crippen LogP contribution in [0.4, 0.5) is 0 Å². The molecule has 0 aliphatic heterocycles. The molecule has 0 aromatic rings. The van der Waals surface area contributed by atoms with Gasteiger partial charge in [-0.05, 0) is 24.4 Å². The van der Waals surface area contributed by atoms with Gasteiger partial charge in [0, 0.05) is 17.6 Å². The molecule has 0 aliphatic carbocycles. The van der Waals surface area contributed by atoms with E-state index < -0.39 is 0 Å². The summed E-state index contributed by atoms with van der Waals surface area (Å²) in [7, 11) is 0. The summed E-state index contributed by atoms with van der Waals surface area (Å²) in [6.45, 7) is 0. The molecule has 0 aromatic heterocycles. The topological polar surface area (TPSA) is 0 Å². The van der Waals surface area contributed by atoms with Crippen LogP contribution in [0.5, 0.6) is 0 Å². The van der Waals surface area contributed by atoms with Gasteiger partial charge < -0.3 is 0 Å². The molecule has 1 radical (unpaired) electrons. The largest absolute Gasteiger partial charge is 0.0942 e. The van der Waals surface area contributed by atoms with Crippen LogP contribution < -0.4 is 0 Å². The smallest absolute Gasteiger partial charge is 0.0102 e. The lowest BCUT2D eigenvalue weighted by molar-refractivity contribution is 0.839. The quantitative estimate of drug-likeness (QED) is 0.425. The predicted octanol–water partition coefficient (Wildman–Crippen LogP) is 2.55. The summed E-state index contributed by atoms with van der Waals surface area (Å²) < 4.78 is 0. The first-order valence-corrected chi connectivity index (χ1v) is 3.54. The first-order chi connectivity index (χ1) is 3.91. The van der Waals surface area contributed by atoms with E-state index in [1.54, 1.807) is 0 Å². The monoisotopic (exact) mass is 147 g/mol. The summed E-state index contributed by atoms with van der Waals surface area (Å²) in [6, 6.07) is 0. The maximum absolute atomic E-state index is 5.09. The molecule has 0 nitrogen and oxygen atoms in total. The van der Waals surface area contributed by atoms with Crippen LogP contribution in [-0.2, 0) is 0 Å². The fourth-order valence-corrected chi connectivity index (χ4v) is 0.661. The summed E-state index contributed by atoms with van der Waals surface area (Å²) in [5.41, 5.74) is 0. The summed E-state index contributed by atoms with van der Waals surface area (Å²) in [6.07, 6.45) is 3.06. The fraction of sp³-hybridized carbons (Fsp3) is 0.667. The average molecular weight is 148 g/mol. The molecular weight excluding hydrogens is 140 g/mol. The summed E-state index contributed by atoms with van der Waals surface area (Å²) in [5.74, 6) is 3.59. The third kappa shape index (κ3) is 6.20. The molecule has 0 unspecified atom stereocenters. The minimum atomic E-state index is 0.837. The van der Waals surface area contributed by atoms with E-state index in [1.807, 2.05) is 0 Å². The van der Waals surface area contributed by atoms with Gasteiger partial charge in [0.1, 0.15) is 0 Å². The molecule has 8 heavy (non-hydrogen) atoms. The van der Waals surface area contributed by atoms with E-state index >= 15 is 0 Å². The Hall–Kier alpha value is 0.200. The van der Waals surface area contributed by atoms with Crippen molar-refractivity contribution in [2.75, 3.05) is 5.75 Å². The van der Waals surface area contributed by atoms with Crippen molar-refractivity contribution in [3.63, 3.8) is 0 Å². The van der Waals surface area contributed by atoms with Gasteiger partial charge in [-0.1, -0.05) is 18.5 Å². The number of hydrogen-bond acceptors (Lipinski definition) is 0. The van der Waals surface area contributed by atoms with Gasteiger partial charge in [0.15, 0.2) is 0 Å². The van der Waals surface area contributed by atoms with Crippen molar-refractivity contribution in [3.8, 4) is 11.3 Å². The highest BCUT2D eigenvalue weighted by Crippen LogP contribution is 1.94. The summed E-state index contributed by atoms with van der Waals surface area (Å²) in [4.78, 5) is 0. The van der Waals surface area contributed by atoms with Crippen molar-refractivity contribution in [3.05, 3.63) is 0 Å². The van der Waals surface area contributed by atoms with E-state index in [4.69, 9.17) is 24.2 Å². The van der Waals surface area contributed by atoms with Gasteiger partial charge in [0.25, 0.3) is 0 Å². The van der Waals surface area contributed by atoms with Gasteiger partial charge in [-0.15, -0.1) is 0 Å². The normalized spacial score (nSPS) is 7.75. The SMILES string of the molecule is [S]CCCCC#CCl. The summed E-state index contributed by atoms with van der Waals surface area (Å²) >= 11 is 9.81. The van der Waals surface area contributed by atoms with Gasteiger partial charge in [0.2, 0.25) is 0 Å². The average Bonchev–Trinajstić information content (AvgIpc) is 1.81. The molecule has 0 spiro atoms. The first kappa shape index (κ1) is 8.20. The van der Waals surface area contributed by atoms with E-state index in [1.165, 1.54) is 0 Å².